The molecule has 0 aliphatic heterocycles. The molecule has 0 fully saturated rings. The molecule has 0 aliphatic carbocycles. The Morgan fingerprint density at radius 1 is 1.67 bits per heavy atom. The van der Waals surface area contributed by atoms with Gasteiger partial charge < -0.3 is 10.2 Å². The van der Waals surface area contributed by atoms with Gasteiger partial charge in [0.05, 0.1) is 0 Å². The van der Waals surface area contributed by atoms with E-state index in [1.807, 2.05) is 0 Å². The molecule has 0 unspecified atom stereocenters. The normalized spacial score (nSPS) is 6.17. The van der Waals surface area contributed by atoms with Crippen LogP contribution in [0.2, 0.25) is 0 Å². The van der Waals surface area contributed by atoms with Crippen molar-refractivity contribution in [2.75, 3.05) is 6.61 Å². The van der Waals surface area contributed by atoms with Crippen LogP contribution in [0, 0.1) is 0 Å². The van der Waals surface area contributed by atoms with Crippen molar-refractivity contribution >= 4 is 5.97 Å². The van der Waals surface area contributed by atoms with E-state index in [4.69, 9.17) is 15.0 Å². The van der Waals surface area contributed by atoms with Gasteiger partial charge in [-0.05, 0) is 0 Å². The maximum Gasteiger partial charge on any atom is 0.329 e. The van der Waals surface area contributed by atoms with E-state index in [1.54, 1.807) is 0 Å². The molecule has 39 valence electrons. The molecule has 0 saturated carbocycles. The first-order valence-corrected chi connectivity index (χ1v) is 1.10. The zero-order valence-corrected chi connectivity index (χ0v) is 3.88. The van der Waals surface area contributed by atoms with Crippen LogP contribution in [-0.2, 0) is 21.6 Å². The van der Waals surface area contributed by atoms with E-state index in [0.717, 1.165) is 0 Å². The van der Waals surface area contributed by atoms with Gasteiger partial charge in [0, 0.05) is 16.8 Å². The summed E-state index contributed by atoms with van der Waals surface area (Å²) in [5.41, 5.74) is 0. The zero-order valence-electron chi connectivity index (χ0n) is 2.84. The van der Waals surface area contributed by atoms with Crippen molar-refractivity contribution in [1.29, 1.82) is 0 Å². The summed E-state index contributed by atoms with van der Waals surface area (Å²) in [5, 5.41) is 15.0. The van der Waals surface area contributed by atoms with Crippen LogP contribution in [0.15, 0.2) is 0 Å². The van der Waals surface area contributed by atoms with Crippen LogP contribution in [0.1, 0.15) is 0 Å². The number of aliphatic hydroxyl groups is 1. The first-order valence-electron chi connectivity index (χ1n) is 1.10. The number of rotatable bonds is 1. The first-order chi connectivity index (χ1) is 2.27. The molecule has 4 heteroatoms. The fourth-order valence-corrected chi connectivity index (χ4v) is 0. The Hall–Kier alpha value is -0.0635. The molecule has 0 saturated heterocycles. The zero-order chi connectivity index (χ0) is 4.28. The smallest absolute Gasteiger partial charge is 0.329 e. The first kappa shape index (κ1) is 9.34. The topological polar surface area (TPSA) is 57.5 Å². The molecule has 0 bridgehead atoms. The van der Waals surface area contributed by atoms with E-state index >= 15 is 0 Å². The fraction of sp³-hybridized carbons (Fsp3) is 0.500. The van der Waals surface area contributed by atoms with Crippen LogP contribution in [0.4, 0.5) is 0 Å². The standard InChI is InChI=1S/C2H4O3.Co/c3-1-2(4)5;/h3H,1H2,(H,4,5);. The van der Waals surface area contributed by atoms with Gasteiger partial charge in [-0.1, -0.05) is 0 Å². The molecule has 6 heavy (non-hydrogen) atoms. The van der Waals surface area contributed by atoms with Gasteiger partial charge in [-0.15, -0.1) is 0 Å². The Bertz CT molecular complexity index is 44.1. The quantitative estimate of drug-likeness (QED) is 0.487. The van der Waals surface area contributed by atoms with Gasteiger partial charge in [-0.25, -0.2) is 4.79 Å². The fourth-order valence-electron chi connectivity index (χ4n) is 0. The molecular formula is C2H4CoO3. The minimum absolute atomic E-state index is 0. The summed E-state index contributed by atoms with van der Waals surface area (Å²) in [7, 11) is 0. The minimum atomic E-state index is -1.19. The predicted molar refractivity (Wildman–Crippen MR) is 14.7 cm³/mol. The predicted octanol–water partition coefficient (Wildman–Crippen LogP) is -0.939. The van der Waals surface area contributed by atoms with Crippen molar-refractivity contribution in [2.45, 2.75) is 0 Å². The van der Waals surface area contributed by atoms with Crippen LogP contribution in [0.5, 0.6) is 0 Å². The summed E-state index contributed by atoms with van der Waals surface area (Å²) < 4.78 is 0. The molecule has 0 aromatic rings. The second-order valence-electron chi connectivity index (χ2n) is 0.552. The van der Waals surface area contributed by atoms with Crippen molar-refractivity contribution in [2.24, 2.45) is 0 Å². The van der Waals surface area contributed by atoms with Crippen LogP contribution < -0.4 is 0 Å². The number of hydrogen-bond donors (Lipinski definition) is 2. The molecule has 0 aromatic carbocycles. The number of carboxylic acids is 1. The Kier molecular flexibility index (Phi) is 7.68. The SMILES string of the molecule is O=C(O)CO.[Co]. The molecule has 3 nitrogen and oxygen atoms in total. The summed E-state index contributed by atoms with van der Waals surface area (Å²) in [5.74, 6) is -1.19. The van der Waals surface area contributed by atoms with E-state index in [0.29, 0.717) is 0 Å². The summed E-state index contributed by atoms with van der Waals surface area (Å²) in [6, 6.07) is 0. The Morgan fingerprint density at radius 2 is 1.83 bits per heavy atom. The third-order valence-electron chi connectivity index (χ3n) is 0.135. The number of hydrogen-bond acceptors (Lipinski definition) is 2. The van der Waals surface area contributed by atoms with Gasteiger partial charge in [-0.2, -0.15) is 0 Å². The monoisotopic (exact) mass is 135 g/mol. The molecule has 2 N–H and O–H groups in total. The van der Waals surface area contributed by atoms with Crippen molar-refractivity contribution < 1.29 is 31.8 Å². The Labute approximate surface area is 45.2 Å². The summed E-state index contributed by atoms with van der Waals surface area (Å²) in [6.07, 6.45) is 0. The molecule has 0 amide bonds. The van der Waals surface area contributed by atoms with Crippen molar-refractivity contribution in [3.05, 3.63) is 0 Å². The third kappa shape index (κ3) is 9.05. The Morgan fingerprint density at radius 3 is 1.83 bits per heavy atom. The average Bonchev–Trinajstić information content (AvgIpc) is 1.38. The molecule has 0 rings (SSSR count). The van der Waals surface area contributed by atoms with Gasteiger partial charge >= 0.3 is 5.97 Å². The summed E-state index contributed by atoms with van der Waals surface area (Å²) in [4.78, 5) is 9.12. The minimum Gasteiger partial charge on any atom is -0.480 e. The second-order valence-corrected chi connectivity index (χ2v) is 0.552. The average molecular weight is 135 g/mol. The molecule has 0 spiro atoms. The van der Waals surface area contributed by atoms with E-state index < -0.39 is 12.6 Å². The van der Waals surface area contributed by atoms with Gasteiger partial charge in [0.15, 0.2) is 0 Å². The molecule has 0 atom stereocenters. The van der Waals surface area contributed by atoms with Gasteiger partial charge in [0.1, 0.15) is 6.61 Å². The summed E-state index contributed by atoms with van der Waals surface area (Å²) in [6.45, 7) is -0.778. The van der Waals surface area contributed by atoms with Crippen molar-refractivity contribution in [3.63, 3.8) is 0 Å². The molecule has 0 aliphatic rings. The van der Waals surface area contributed by atoms with Gasteiger partial charge in [-0.3, -0.25) is 0 Å². The van der Waals surface area contributed by atoms with Crippen molar-refractivity contribution in [3.8, 4) is 0 Å². The number of carbonyl (C=O) groups is 1. The van der Waals surface area contributed by atoms with E-state index in [9.17, 15) is 0 Å². The molecule has 0 aromatic heterocycles. The number of aliphatic carboxylic acids is 1. The number of aliphatic hydroxyl groups excluding tert-OH is 1. The molecule has 1 radical (unpaired) electrons. The van der Waals surface area contributed by atoms with Crippen LogP contribution in [-0.4, -0.2) is 22.8 Å². The maximum atomic E-state index is 9.12. The van der Waals surface area contributed by atoms with Crippen LogP contribution in [0.25, 0.3) is 0 Å². The van der Waals surface area contributed by atoms with Crippen LogP contribution >= 0.6 is 0 Å². The van der Waals surface area contributed by atoms with E-state index in [1.165, 1.54) is 0 Å². The Balaban J connectivity index is 0. The van der Waals surface area contributed by atoms with Crippen LogP contribution in [0.3, 0.4) is 0 Å². The van der Waals surface area contributed by atoms with Crippen molar-refractivity contribution in [1.82, 2.24) is 0 Å². The van der Waals surface area contributed by atoms with Gasteiger partial charge in [0.25, 0.3) is 0 Å². The molecule has 0 heterocycles. The van der Waals surface area contributed by atoms with E-state index in [-0.39, 0.29) is 16.8 Å². The molecular weight excluding hydrogens is 131 g/mol. The second kappa shape index (κ2) is 4.94. The van der Waals surface area contributed by atoms with E-state index in [2.05, 4.69) is 0 Å². The third-order valence-corrected chi connectivity index (χ3v) is 0.135. The summed E-state index contributed by atoms with van der Waals surface area (Å²) >= 11 is 0. The maximum absolute atomic E-state index is 9.12. The number of carboxylic acid groups (broad SMARTS) is 1. The largest absolute Gasteiger partial charge is 0.480 e. The van der Waals surface area contributed by atoms with Gasteiger partial charge in [0.2, 0.25) is 0 Å².